The highest BCUT2D eigenvalue weighted by molar-refractivity contribution is 5.91. The van der Waals surface area contributed by atoms with Gasteiger partial charge in [-0.1, -0.05) is 12.6 Å². The van der Waals surface area contributed by atoms with Gasteiger partial charge in [0.1, 0.15) is 28.6 Å². The van der Waals surface area contributed by atoms with Gasteiger partial charge in [-0.2, -0.15) is 0 Å². The molecule has 0 saturated carbocycles. The number of hydrogen-bond donors (Lipinski definition) is 2. The Balaban J connectivity index is 1.47. The lowest BCUT2D eigenvalue weighted by molar-refractivity contribution is -0.117. The molecule has 35 heavy (non-hydrogen) atoms. The molecule has 2 heterocycles. The molecule has 0 bridgehead atoms. The molecule has 8 nitrogen and oxygen atoms in total. The largest absolute Gasteiger partial charge is 0.477 e. The summed E-state index contributed by atoms with van der Waals surface area (Å²) in [6, 6.07) is 13.7. The Morgan fingerprint density at radius 1 is 1.11 bits per heavy atom. The number of rotatable bonds is 8. The normalized spacial score (nSPS) is 15.2. The van der Waals surface area contributed by atoms with E-state index >= 15 is 0 Å². The van der Waals surface area contributed by atoms with Gasteiger partial charge in [0.05, 0.1) is 11.9 Å². The molecule has 1 aromatic heterocycles. The van der Waals surface area contributed by atoms with Crippen molar-refractivity contribution in [1.29, 1.82) is 0 Å². The van der Waals surface area contributed by atoms with Crippen LogP contribution in [0.5, 0.6) is 23.1 Å². The summed E-state index contributed by atoms with van der Waals surface area (Å²) in [5.41, 5.74) is 0.547. The van der Waals surface area contributed by atoms with E-state index in [1.807, 2.05) is 4.90 Å². The minimum absolute atomic E-state index is 0.0476. The van der Waals surface area contributed by atoms with Crippen molar-refractivity contribution in [2.75, 3.05) is 18.0 Å². The molecule has 9 heteroatoms. The number of nitrogens with zero attached hydrogens (tertiary/aromatic N) is 2. The molecule has 1 aliphatic rings. The predicted octanol–water partition coefficient (Wildman–Crippen LogP) is 4.77. The number of anilines is 1. The first-order chi connectivity index (χ1) is 16.9. The van der Waals surface area contributed by atoms with E-state index in [1.54, 1.807) is 42.6 Å². The Kier molecular flexibility index (Phi) is 7.25. The van der Waals surface area contributed by atoms with Crippen LogP contribution in [0.25, 0.3) is 0 Å². The third-order valence-corrected chi connectivity index (χ3v) is 5.46. The van der Waals surface area contributed by atoms with Crippen LogP contribution in [-0.2, 0) is 4.79 Å². The number of carboxylic acid groups (broad SMARTS) is 1. The number of piperidine rings is 1. The molecule has 180 valence electrons. The Hall–Kier alpha value is -4.40. The summed E-state index contributed by atoms with van der Waals surface area (Å²) in [6.45, 7) is 4.72. The highest BCUT2D eigenvalue weighted by atomic mass is 19.1. The molecule has 3 aromatic rings. The second-order valence-corrected chi connectivity index (χ2v) is 7.98. The zero-order valence-corrected chi connectivity index (χ0v) is 18.8. The Morgan fingerprint density at radius 2 is 1.86 bits per heavy atom. The van der Waals surface area contributed by atoms with Crippen molar-refractivity contribution in [3.05, 3.63) is 84.8 Å². The van der Waals surface area contributed by atoms with Gasteiger partial charge in [0, 0.05) is 25.2 Å². The minimum atomic E-state index is -1.17. The van der Waals surface area contributed by atoms with E-state index in [0.717, 1.165) is 12.8 Å². The van der Waals surface area contributed by atoms with Crippen molar-refractivity contribution < 1.29 is 28.6 Å². The van der Waals surface area contributed by atoms with Crippen molar-refractivity contribution >= 4 is 17.6 Å². The summed E-state index contributed by atoms with van der Waals surface area (Å²) >= 11 is 0. The van der Waals surface area contributed by atoms with E-state index in [-0.39, 0.29) is 23.4 Å². The number of hydrogen-bond acceptors (Lipinski definition) is 6. The maximum absolute atomic E-state index is 13.3. The van der Waals surface area contributed by atoms with Gasteiger partial charge in [0.25, 0.3) is 0 Å². The van der Waals surface area contributed by atoms with E-state index in [9.17, 15) is 19.1 Å². The summed E-state index contributed by atoms with van der Waals surface area (Å²) < 4.78 is 24.7. The molecule has 0 spiro atoms. The van der Waals surface area contributed by atoms with Gasteiger partial charge in [-0.3, -0.25) is 4.79 Å². The quantitative estimate of drug-likeness (QED) is 0.451. The number of benzene rings is 2. The number of nitrogens with one attached hydrogen (secondary N) is 1. The van der Waals surface area contributed by atoms with Crippen LogP contribution in [0.2, 0.25) is 0 Å². The molecular weight excluding hydrogens is 453 g/mol. The second kappa shape index (κ2) is 10.7. The van der Waals surface area contributed by atoms with E-state index in [0.29, 0.717) is 36.0 Å². The van der Waals surface area contributed by atoms with Crippen LogP contribution in [0.1, 0.15) is 23.2 Å². The number of aromatic nitrogens is 1. The van der Waals surface area contributed by atoms with E-state index < -0.39 is 11.8 Å². The maximum Gasteiger partial charge on any atom is 0.341 e. The maximum atomic E-state index is 13.3. The lowest BCUT2D eigenvalue weighted by Gasteiger charge is -2.34. The van der Waals surface area contributed by atoms with Crippen molar-refractivity contribution in [3.8, 4) is 23.1 Å². The monoisotopic (exact) mass is 477 g/mol. The van der Waals surface area contributed by atoms with Gasteiger partial charge in [0.15, 0.2) is 0 Å². The smallest absolute Gasteiger partial charge is 0.341 e. The fraction of sp³-hybridized carbons (Fsp3) is 0.192. The topological polar surface area (TPSA) is 101 Å². The van der Waals surface area contributed by atoms with Crippen molar-refractivity contribution in [2.24, 2.45) is 0 Å². The lowest BCUT2D eigenvalue weighted by atomic mass is 10.0. The third-order valence-electron chi connectivity index (χ3n) is 5.46. The van der Waals surface area contributed by atoms with Gasteiger partial charge in [-0.05, 0) is 61.4 Å². The van der Waals surface area contributed by atoms with Gasteiger partial charge >= 0.3 is 5.97 Å². The standard InChI is InChI=1S/C26H24FN3O5/c1-2-24(31)29-18-6-4-12-30(16-18)19-14-23(26(32)33)25(28-15-19)35-21-10-8-20(9-11-21)34-22-7-3-5-17(27)13-22/h2-3,5,7-11,13-15,18H,1,4,6,12,16H2,(H,29,31)(H,32,33). The second-order valence-electron chi connectivity index (χ2n) is 7.98. The average Bonchev–Trinajstić information content (AvgIpc) is 2.85. The molecule has 2 N–H and O–H groups in total. The summed E-state index contributed by atoms with van der Waals surface area (Å²) in [7, 11) is 0. The van der Waals surface area contributed by atoms with Crippen LogP contribution in [0.15, 0.2) is 73.4 Å². The van der Waals surface area contributed by atoms with E-state index in [4.69, 9.17) is 9.47 Å². The molecule has 0 radical (unpaired) electrons. The molecule has 1 fully saturated rings. The van der Waals surface area contributed by atoms with Crippen molar-refractivity contribution in [1.82, 2.24) is 10.3 Å². The van der Waals surface area contributed by atoms with Gasteiger partial charge in [-0.25, -0.2) is 14.2 Å². The van der Waals surface area contributed by atoms with Crippen LogP contribution in [0, 0.1) is 5.82 Å². The number of aromatic carboxylic acids is 1. The summed E-state index contributed by atoms with van der Waals surface area (Å²) in [5.74, 6) is -0.676. The Morgan fingerprint density at radius 3 is 2.54 bits per heavy atom. The molecular formula is C26H24FN3O5. The van der Waals surface area contributed by atoms with Crippen LogP contribution in [0.3, 0.4) is 0 Å². The van der Waals surface area contributed by atoms with Gasteiger partial charge < -0.3 is 24.8 Å². The van der Waals surface area contributed by atoms with Gasteiger partial charge in [0.2, 0.25) is 11.8 Å². The van der Waals surface area contributed by atoms with Gasteiger partial charge in [-0.15, -0.1) is 0 Å². The molecule has 1 saturated heterocycles. The first-order valence-corrected chi connectivity index (χ1v) is 11.0. The lowest BCUT2D eigenvalue weighted by Crippen LogP contribution is -2.47. The van der Waals surface area contributed by atoms with Crippen LogP contribution < -0.4 is 19.7 Å². The molecule has 0 aliphatic carbocycles. The summed E-state index contributed by atoms with van der Waals surface area (Å²) in [5, 5.41) is 12.6. The first kappa shape index (κ1) is 23.7. The number of amides is 1. The zero-order valence-electron chi connectivity index (χ0n) is 18.8. The van der Waals surface area contributed by atoms with E-state index in [2.05, 4.69) is 16.9 Å². The predicted molar refractivity (Wildman–Crippen MR) is 128 cm³/mol. The molecule has 1 amide bonds. The molecule has 2 aromatic carbocycles. The van der Waals surface area contributed by atoms with Crippen LogP contribution in [0.4, 0.5) is 10.1 Å². The number of ether oxygens (including phenoxy) is 2. The molecule has 4 rings (SSSR count). The fourth-order valence-corrected chi connectivity index (χ4v) is 3.79. The van der Waals surface area contributed by atoms with Crippen LogP contribution >= 0.6 is 0 Å². The SMILES string of the molecule is C=CC(=O)NC1CCCN(c2cnc(Oc3ccc(Oc4cccc(F)c4)cc3)c(C(=O)O)c2)C1. The number of pyridine rings is 1. The first-order valence-electron chi connectivity index (χ1n) is 11.0. The Bertz CT molecular complexity index is 1230. The minimum Gasteiger partial charge on any atom is -0.477 e. The number of carbonyl (C=O) groups excluding carboxylic acids is 1. The number of carboxylic acids is 1. The highest BCUT2D eigenvalue weighted by Crippen LogP contribution is 2.30. The zero-order chi connectivity index (χ0) is 24.8. The third kappa shape index (κ3) is 6.14. The number of halogens is 1. The molecule has 1 atom stereocenters. The van der Waals surface area contributed by atoms with Crippen LogP contribution in [-0.4, -0.2) is 41.1 Å². The van der Waals surface area contributed by atoms with E-state index in [1.165, 1.54) is 24.3 Å². The molecule has 1 unspecified atom stereocenters. The number of carbonyl (C=O) groups is 2. The highest BCUT2D eigenvalue weighted by Gasteiger charge is 2.23. The van der Waals surface area contributed by atoms with Crippen molar-refractivity contribution in [2.45, 2.75) is 18.9 Å². The average molecular weight is 477 g/mol. The van der Waals surface area contributed by atoms with Crippen molar-refractivity contribution in [3.63, 3.8) is 0 Å². The summed E-state index contributed by atoms with van der Waals surface area (Å²) in [4.78, 5) is 29.8. The molecule has 1 aliphatic heterocycles. The summed E-state index contributed by atoms with van der Waals surface area (Å²) in [6.07, 6.45) is 4.46. The fourth-order valence-electron chi connectivity index (χ4n) is 3.79. The Labute approximate surface area is 201 Å².